The lowest BCUT2D eigenvalue weighted by molar-refractivity contribution is 0.151. The molecule has 1 heteroatoms. The fraction of sp³-hybridized carbons (Fsp3) is 0.810. The van der Waals surface area contributed by atoms with E-state index in [1.807, 2.05) is 0 Å². The first-order valence-electron chi connectivity index (χ1n) is 9.61. The molecule has 0 heterocycles. The van der Waals surface area contributed by atoms with Crippen molar-refractivity contribution < 1.29 is 0 Å². The molecular weight excluding hydrogens is 379 g/mol. The Morgan fingerprint density at radius 3 is 2.14 bits per heavy atom. The van der Waals surface area contributed by atoms with Crippen LogP contribution in [0.15, 0.2) is 12.2 Å². The van der Waals surface area contributed by atoms with Crippen LogP contribution in [0.3, 0.4) is 0 Å². The fourth-order valence-electron chi connectivity index (χ4n) is 4.66. The molecule has 0 unspecified atom stereocenters. The summed E-state index contributed by atoms with van der Waals surface area (Å²) in [7, 11) is 0. The average Bonchev–Trinajstić information content (AvgIpc) is 2.57. The minimum atomic E-state index is 0.805. The number of halogens is 1. The summed E-state index contributed by atoms with van der Waals surface area (Å²) in [5, 5.41) is 0. The Labute approximate surface area is 152 Å². The minimum absolute atomic E-state index is 0.805. The fourth-order valence-corrected chi connectivity index (χ4v) is 4.84. The SMILES string of the molecule is CCCCC[C@H]1CC[C@H]([C@H]2CC[C@H](C=CC#CI)CC2)CC1. The summed E-state index contributed by atoms with van der Waals surface area (Å²) < 4.78 is 2.92. The summed E-state index contributed by atoms with van der Waals surface area (Å²) in [5.74, 6) is 7.02. The van der Waals surface area contributed by atoms with E-state index in [-0.39, 0.29) is 0 Å². The van der Waals surface area contributed by atoms with Crippen LogP contribution in [0.25, 0.3) is 0 Å². The molecule has 22 heavy (non-hydrogen) atoms. The van der Waals surface area contributed by atoms with E-state index < -0.39 is 0 Å². The van der Waals surface area contributed by atoms with Crippen molar-refractivity contribution >= 4 is 22.6 Å². The van der Waals surface area contributed by atoms with Crippen molar-refractivity contribution in [2.24, 2.45) is 23.7 Å². The van der Waals surface area contributed by atoms with Crippen LogP contribution in [0.4, 0.5) is 0 Å². The molecule has 0 aliphatic heterocycles. The Bertz CT molecular complexity index is 370. The minimum Gasteiger partial charge on any atom is -0.0730 e. The summed E-state index contributed by atoms with van der Waals surface area (Å²) in [4.78, 5) is 0. The van der Waals surface area contributed by atoms with Crippen LogP contribution in [0.2, 0.25) is 0 Å². The molecule has 0 aromatic carbocycles. The van der Waals surface area contributed by atoms with E-state index in [0.29, 0.717) is 0 Å². The standard InChI is InChI=1S/C21H33I/c1-2-3-4-7-18-9-13-20(14-10-18)21-15-11-19(12-16-21)8-5-6-17-22/h5,8,18-21H,2-4,7,9-16H2,1H3/t18-,19-,20-,21-. The summed E-state index contributed by atoms with van der Waals surface area (Å²) in [6.07, 6.45) is 22.1. The molecule has 0 radical (unpaired) electrons. The Morgan fingerprint density at radius 2 is 1.55 bits per heavy atom. The van der Waals surface area contributed by atoms with Crippen LogP contribution in [0.5, 0.6) is 0 Å². The lowest BCUT2D eigenvalue weighted by Gasteiger charge is -2.37. The number of hydrogen-bond donors (Lipinski definition) is 0. The second-order valence-corrected chi connectivity index (χ2v) is 8.09. The summed E-state index contributed by atoms with van der Waals surface area (Å²) >= 11 is 2.11. The third kappa shape index (κ3) is 6.26. The van der Waals surface area contributed by atoms with Gasteiger partial charge in [0.2, 0.25) is 0 Å². The zero-order valence-corrected chi connectivity index (χ0v) is 16.5. The van der Waals surface area contributed by atoms with Crippen LogP contribution in [-0.2, 0) is 0 Å². The first-order valence-corrected chi connectivity index (χ1v) is 10.7. The molecular formula is C21H33I. The molecule has 0 nitrogen and oxygen atoms in total. The van der Waals surface area contributed by atoms with Crippen LogP contribution in [-0.4, -0.2) is 0 Å². The van der Waals surface area contributed by atoms with Gasteiger partial charge in [0.25, 0.3) is 0 Å². The van der Waals surface area contributed by atoms with Gasteiger partial charge in [-0.25, -0.2) is 0 Å². The number of allylic oxidation sites excluding steroid dienone is 2. The Kier molecular flexibility index (Phi) is 8.97. The lowest BCUT2D eigenvalue weighted by Crippen LogP contribution is -2.25. The molecule has 2 fully saturated rings. The van der Waals surface area contributed by atoms with Crippen molar-refractivity contribution in [1.82, 2.24) is 0 Å². The highest BCUT2D eigenvalue weighted by Gasteiger charge is 2.30. The summed E-state index contributed by atoms with van der Waals surface area (Å²) in [6.45, 7) is 2.32. The second kappa shape index (κ2) is 10.7. The van der Waals surface area contributed by atoms with Crippen LogP contribution in [0.1, 0.15) is 84.0 Å². The molecule has 0 saturated heterocycles. The lowest BCUT2D eigenvalue weighted by atomic mass is 9.68. The maximum absolute atomic E-state index is 3.05. The molecule has 0 amide bonds. The second-order valence-electron chi connectivity index (χ2n) is 7.55. The van der Waals surface area contributed by atoms with Gasteiger partial charge < -0.3 is 0 Å². The molecule has 0 bridgehead atoms. The Hall–Kier alpha value is 0.0300. The van der Waals surface area contributed by atoms with Gasteiger partial charge in [0, 0.05) is 22.6 Å². The van der Waals surface area contributed by atoms with E-state index in [2.05, 4.69) is 51.5 Å². The number of unbranched alkanes of at least 4 members (excludes halogenated alkanes) is 2. The van der Waals surface area contributed by atoms with Crippen molar-refractivity contribution in [3.8, 4) is 9.85 Å². The first-order chi connectivity index (χ1) is 10.8. The van der Waals surface area contributed by atoms with Gasteiger partial charge >= 0.3 is 0 Å². The Morgan fingerprint density at radius 1 is 0.909 bits per heavy atom. The predicted octanol–water partition coefficient (Wildman–Crippen LogP) is 7.13. The van der Waals surface area contributed by atoms with Gasteiger partial charge in [0.15, 0.2) is 0 Å². The third-order valence-electron chi connectivity index (χ3n) is 6.10. The van der Waals surface area contributed by atoms with Crippen molar-refractivity contribution in [3.05, 3.63) is 12.2 Å². The van der Waals surface area contributed by atoms with E-state index in [4.69, 9.17) is 0 Å². The first kappa shape index (κ1) is 18.4. The molecule has 0 atom stereocenters. The highest BCUT2D eigenvalue weighted by atomic mass is 127. The zero-order chi connectivity index (χ0) is 15.6. The van der Waals surface area contributed by atoms with E-state index >= 15 is 0 Å². The van der Waals surface area contributed by atoms with Crippen LogP contribution in [0, 0.1) is 33.5 Å². The van der Waals surface area contributed by atoms with E-state index in [1.54, 1.807) is 0 Å². The highest BCUT2D eigenvalue weighted by molar-refractivity contribution is 14.1. The average molecular weight is 412 g/mol. The van der Waals surface area contributed by atoms with E-state index in [9.17, 15) is 0 Å². The zero-order valence-electron chi connectivity index (χ0n) is 14.3. The van der Waals surface area contributed by atoms with Gasteiger partial charge in [0.1, 0.15) is 0 Å². The molecule has 0 N–H and O–H groups in total. The smallest absolute Gasteiger partial charge is 0.0185 e. The van der Waals surface area contributed by atoms with Crippen molar-refractivity contribution in [2.45, 2.75) is 84.0 Å². The van der Waals surface area contributed by atoms with Gasteiger partial charge in [-0.15, -0.1) is 0 Å². The largest absolute Gasteiger partial charge is 0.0730 e. The molecule has 124 valence electrons. The van der Waals surface area contributed by atoms with Crippen LogP contribution >= 0.6 is 22.6 Å². The van der Waals surface area contributed by atoms with Gasteiger partial charge in [-0.3, -0.25) is 0 Å². The third-order valence-corrected chi connectivity index (χ3v) is 6.41. The highest BCUT2D eigenvalue weighted by Crippen LogP contribution is 2.42. The molecule has 0 aromatic heterocycles. The van der Waals surface area contributed by atoms with Crippen LogP contribution < -0.4 is 0 Å². The summed E-state index contributed by atoms with van der Waals surface area (Å²) in [5.41, 5.74) is 0. The number of hydrogen-bond acceptors (Lipinski definition) is 0. The molecule has 2 rings (SSSR count). The quantitative estimate of drug-likeness (QED) is 0.247. The molecule has 2 saturated carbocycles. The molecule has 0 aromatic rings. The Balaban J connectivity index is 1.64. The van der Waals surface area contributed by atoms with Gasteiger partial charge in [-0.2, -0.15) is 0 Å². The van der Waals surface area contributed by atoms with E-state index in [0.717, 1.165) is 23.7 Å². The summed E-state index contributed by atoms with van der Waals surface area (Å²) in [6, 6.07) is 0. The van der Waals surface area contributed by atoms with Gasteiger partial charge in [-0.1, -0.05) is 57.4 Å². The monoisotopic (exact) mass is 412 g/mol. The van der Waals surface area contributed by atoms with Crippen molar-refractivity contribution in [2.75, 3.05) is 0 Å². The predicted molar refractivity (Wildman–Crippen MR) is 106 cm³/mol. The number of rotatable bonds is 6. The maximum Gasteiger partial charge on any atom is 0.0185 e. The normalized spacial score (nSPS) is 32.6. The molecule has 2 aliphatic carbocycles. The van der Waals surface area contributed by atoms with Gasteiger partial charge in [-0.05, 0) is 72.2 Å². The molecule has 0 spiro atoms. The van der Waals surface area contributed by atoms with Gasteiger partial charge in [0.05, 0.1) is 0 Å². The van der Waals surface area contributed by atoms with E-state index in [1.165, 1.54) is 77.0 Å². The maximum atomic E-state index is 3.05. The molecule has 2 aliphatic rings. The van der Waals surface area contributed by atoms with Crippen molar-refractivity contribution in [3.63, 3.8) is 0 Å². The topological polar surface area (TPSA) is 0 Å². The van der Waals surface area contributed by atoms with Crippen molar-refractivity contribution in [1.29, 1.82) is 0 Å².